The summed E-state index contributed by atoms with van der Waals surface area (Å²) in [6, 6.07) is 17.9. The Morgan fingerprint density at radius 2 is 1.92 bits per heavy atom. The van der Waals surface area contributed by atoms with Gasteiger partial charge in [0.1, 0.15) is 22.8 Å². The maximum Gasteiger partial charge on any atom is 0.296 e. The summed E-state index contributed by atoms with van der Waals surface area (Å²) in [5, 5.41) is 16.2. The van der Waals surface area contributed by atoms with Crippen LogP contribution in [0.1, 0.15) is 56.0 Å². The maximum atomic E-state index is 15.5. The van der Waals surface area contributed by atoms with E-state index in [9.17, 15) is 23.3 Å². The van der Waals surface area contributed by atoms with Crippen LogP contribution in [0.25, 0.3) is 16.6 Å². The molecule has 2 aromatic heterocycles. The van der Waals surface area contributed by atoms with Gasteiger partial charge >= 0.3 is 0 Å². The number of benzene rings is 3. The number of piperazine rings is 1. The quantitative estimate of drug-likeness (QED) is 0.0763. The average molecular weight is 902 g/mol. The molecule has 2 fully saturated rings. The summed E-state index contributed by atoms with van der Waals surface area (Å²) in [4.78, 5) is 36.4. The molecule has 0 saturated carbocycles. The number of nitrogens with one attached hydrogen (secondary N) is 3. The molecule has 0 spiro atoms. The van der Waals surface area contributed by atoms with Crippen molar-refractivity contribution in [3.8, 4) is 11.5 Å². The number of amides is 1. The highest BCUT2D eigenvalue weighted by Crippen LogP contribution is 2.43. The molecule has 2 saturated heterocycles. The van der Waals surface area contributed by atoms with E-state index in [0.717, 1.165) is 50.0 Å². The molecule has 18 heteroatoms. The van der Waals surface area contributed by atoms with Gasteiger partial charge in [-0.15, -0.1) is 0 Å². The number of fused-ring (bicyclic) bond motifs is 1. The number of nitrogens with zero attached hydrogens (tertiary/aromatic N) is 4. The molecule has 332 valence electrons. The number of ether oxygens (including phenoxy) is 3. The number of carbonyl (C=O) groups excluding carboxylic acids is 1. The molecule has 5 aromatic rings. The van der Waals surface area contributed by atoms with Crippen LogP contribution in [0.5, 0.6) is 11.5 Å². The highest BCUT2D eigenvalue weighted by atomic mass is 35.5. The molecular weight excluding hydrogens is 853 g/mol. The molecule has 0 radical (unpaired) electrons. The lowest BCUT2D eigenvalue weighted by molar-refractivity contribution is -0.384. The zero-order valence-electron chi connectivity index (χ0n) is 35.2. The Labute approximate surface area is 369 Å². The van der Waals surface area contributed by atoms with Gasteiger partial charge in [0, 0.05) is 73.2 Å². The fourth-order valence-electron chi connectivity index (χ4n) is 8.61. The zero-order chi connectivity index (χ0) is 44.5. The summed E-state index contributed by atoms with van der Waals surface area (Å²) in [7, 11) is -4.85. The Bertz CT molecular complexity index is 2670. The highest BCUT2D eigenvalue weighted by molar-refractivity contribution is 7.90. The summed E-state index contributed by atoms with van der Waals surface area (Å²) in [6.07, 6.45) is 5.83. The molecule has 2 atom stereocenters. The molecule has 3 aliphatic rings. The third-order valence-electron chi connectivity index (χ3n) is 11.8. The van der Waals surface area contributed by atoms with E-state index in [1.807, 2.05) is 22.9 Å². The largest absolute Gasteiger partial charge is 0.455 e. The Kier molecular flexibility index (Phi) is 12.8. The van der Waals surface area contributed by atoms with Crippen molar-refractivity contribution in [3.05, 3.63) is 117 Å². The van der Waals surface area contributed by atoms with Gasteiger partial charge < -0.3 is 29.4 Å². The standard InChI is InChI=1S/C45H49ClFN7O8S/c1-28-25-52(26-31-22-45(2,3)12-10-37(31)29-4-6-32(46)7-5-29)14-15-53(28)33-8-9-38(41(19-33)62-34-18-30-11-13-48-43(30)50-23-34)44(55)51-63(58,59)36-20-39(47)42(40(21-36)54(56)57)49-24-35-27-60-16-17-61-35/h4-9,11,13,18-21,23,28,35,49H,10,12,14-17,22,24-27H2,1-3H3,(H,48,50)(H,51,55). The van der Waals surface area contributed by atoms with E-state index >= 15 is 4.39 Å². The number of H-pyrrole nitrogens is 1. The molecule has 63 heavy (non-hydrogen) atoms. The lowest BCUT2D eigenvalue weighted by Gasteiger charge is -2.43. The van der Waals surface area contributed by atoms with Crippen molar-refractivity contribution in [1.29, 1.82) is 0 Å². The fourth-order valence-corrected chi connectivity index (χ4v) is 9.73. The first-order chi connectivity index (χ1) is 30.1. The van der Waals surface area contributed by atoms with Crippen LogP contribution in [0.4, 0.5) is 21.5 Å². The van der Waals surface area contributed by atoms with E-state index in [1.54, 1.807) is 24.4 Å². The zero-order valence-corrected chi connectivity index (χ0v) is 36.7. The third kappa shape index (κ3) is 10.1. The number of pyridine rings is 1. The van der Waals surface area contributed by atoms with Gasteiger partial charge in [-0.1, -0.05) is 43.2 Å². The van der Waals surface area contributed by atoms with E-state index in [4.69, 9.17) is 25.8 Å². The number of nitro benzene ring substituents is 1. The molecule has 1 aliphatic carbocycles. The SMILES string of the molecule is CC1CN(CC2=C(c3ccc(Cl)cc3)CCC(C)(C)C2)CCN1c1ccc(C(=O)NS(=O)(=O)c2cc(F)c(NCC3COCCO3)c([N+](=O)[O-])c2)c(Oc2cnc3[nH]ccc3c2)c1. The van der Waals surface area contributed by atoms with Crippen molar-refractivity contribution in [2.75, 3.05) is 62.8 Å². The minimum Gasteiger partial charge on any atom is -0.455 e. The summed E-state index contributed by atoms with van der Waals surface area (Å²) in [6.45, 7) is 10.7. The smallest absolute Gasteiger partial charge is 0.296 e. The number of hydrogen-bond donors (Lipinski definition) is 3. The second kappa shape index (κ2) is 18.3. The number of carbonyl (C=O) groups is 1. The predicted molar refractivity (Wildman–Crippen MR) is 239 cm³/mol. The summed E-state index contributed by atoms with van der Waals surface area (Å²) in [5.41, 5.74) is 4.10. The lowest BCUT2D eigenvalue weighted by Crippen LogP contribution is -2.52. The molecule has 2 aliphatic heterocycles. The van der Waals surface area contributed by atoms with E-state index in [2.05, 4.69) is 58.0 Å². The Balaban J connectivity index is 1.03. The second-order valence-electron chi connectivity index (χ2n) is 17.0. The third-order valence-corrected chi connectivity index (χ3v) is 13.4. The Hall–Kier alpha value is -5.59. The van der Waals surface area contributed by atoms with Crippen LogP contribution >= 0.6 is 11.6 Å². The number of aromatic nitrogens is 2. The molecule has 3 aromatic carbocycles. The number of hydrogen-bond acceptors (Lipinski definition) is 12. The minimum atomic E-state index is -4.85. The van der Waals surface area contributed by atoms with Crippen molar-refractivity contribution in [2.24, 2.45) is 5.41 Å². The van der Waals surface area contributed by atoms with Crippen molar-refractivity contribution < 1.29 is 36.7 Å². The Morgan fingerprint density at radius 3 is 2.67 bits per heavy atom. The van der Waals surface area contributed by atoms with Crippen molar-refractivity contribution in [3.63, 3.8) is 0 Å². The monoisotopic (exact) mass is 901 g/mol. The van der Waals surface area contributed by atoms with Gasteiger partial charge in [-0.05, 0) is 85.2 Å². The first-order valence-electron chi connectivity index (χ1n) is 20.8. The topological polar surface area (TPSA) is 181 Å². The van der Waals surface area contributed by atoms with Gasteiger partial charge in [0.15, 0.2) is 5.82 Å². The van der Waals surface area contributed by atoms with Crippen LogP contribution in [0.15, 0.2) is 89.6 Å². The first kappa shape index (κ1) is 44.0. The van der Waals surface area contributed by atoms with E-state index in [0.29, 0.717) is 48.3 Å². The molecule has 15 nitrogen and oxygen atoms in total. The van der Waals surface area contributed by atoms with Gasteiger partial charge in [0.05, 0.1) is 47.5 Å². The number of sulfonamides is 1. The van der Waals surface area contributed by atoms with Crippen molar-refractivity contribution in [2.45, 2.75) is 57.1 Å². The Morgan fingerprint density at radius 1 is 1.11 bits per heavy atom. The summed E-state index contributed by atoms with van der Waals surface area (Å²) >= 11 is 6.23. The van der Waals surface area contributed by atoms with E-state index in [-0.39, 0.29) is 35.9 Å². The molecule has 8 rings (SSSR count). The van der Waals surface area contributed by atoms with Gasteiger partial charge in [-0.2, -0.15) is 0 Å². The number of halogens is 2. The van der Waals surface area contributed by atoms with Crippen LogP contribution in [0.2, 0.25) is 5.02 Å². The van der Waals surface area contributed by atoms with Crippen molar-refractivity contribution >= 4 is 61.2 Å². The number of allylic oxidation sites excluding steroid dienone is 1. The molecule has 4 heterocycles. The van der Waals surface area contributed by atoms with Gasteiger partial charge in [0.25, 0.3) is 21.6 Å². The van der Waals surface area contributed by atoms with Crippen LogP contribution < -0.4 is 19.7 Å². The maximum absolute atomic E-state index is 15.5. The number of nitro groups is 1. The lowest BCUT2D eigenvalue weighted by atomic mass is 9.72. The molecule has 1 amide bonds. The fraction of sp³-hybridized carbons (Fsp3) is 0.378. The minimum absolute atomic E-state index is 0.0247. The second-order valence-corrected chi connectivity index (χ2v) is 19.1. The number of aromatic amines is 1. The average Bonchev–Trinajstić information content (AvgIpc) is 3.72. The van der Waals surface area contributed by atoms with Crippen molar-refractivity contribution in [1.82, 2.24) is 19.6 Å². The van der Waals surface area contributed by atoms with E-state index < -0.39 is 49.0 Å². The van der Waals surface area contributed by atoms with Gasteiger partial charge in [-0.3, -0.25) is 19.8 Å². The molecule has 3 N–H and O–H groups in total. The molecular formula is C45H49ClFN7O8S. The van der Waals surface area contributed by atoms with Crippen LogP contribution in [-0.2, 0) is 19.5 Å². The summed E-state index contributed by atoms with van der Waals surface area (Å²) < 4.78 is 61.9. The number of anilines is 2. The predicted octanol–water partition coefficient (Wildman–Crippen LogP) is 8.18. The van der Waals surface area contributed by atoms with Crippen LogP contribution in [0.3, 0.4) is 0 Å². The van der Waals surface area contributed by atoms with Crippen LogP contribution in [-0.4, -0.2) is 98.8 Å². The first-order valence-corrected chi connectivity index (χ1v) is 22.7. The van der Waals surface area contributed by atoms with E-state index in [1.165, 1.54) is 29.0 Å². The highest BCUT2D eigenvalue weighted by Gasteiger charge is 2.33. The normalized spacial score (nSPS) is 19.5. The molecule has 0 bridgehead atoms. The summed E-state index contributed by atoms with van der Waals surface area (Å²) in [5.74, 6) is -1.96. The van der Waals surface area contributed by atoms with Gasteiger partial charge in [-0.25, -0.2) is 22.5 Å². The van der Waals surface area contributed by atoms with Gasteiger partial charge in [0.2, 0.25) is 0 Å². The molecule has 2 unspecified atom stereocenters. The van der Waals surface area contributed by atoms with Crippen LogP contribution in [0, 0.1) is 21.3 Å². The number of rotatable bonds is 13.